The number of hydrogen-bond acceptors (Lipinski definition) is 2. The number of hydrogen-bond donors (Lipinski definition) is 1. The molecule has 1 aromatic carbocycles. The molecule has 4 rings (SSSR count). The Labute approximate surface area is 136 Å². The summed E-state index contributed by atoms with van der Waals surface area (Å²) in [6, 6.07) is 6.14. The maximum Gasteiger partial charge on any atom is 0.123 e. The second-order valence-corrected chi connectivity index (χ2v) is 6.71. The SMILES string of the molecule is OC(C1=CC2=C3C(C=C1)CCCN3CCC2)c1ccc(F)cc1. The molecule has 23 heavy (non-hydrogen) atoms. The quantitative estimate of drug-likeness (QED) is 0.888. The average Bonchev–Trinajstić information content (AvgIpc) is 2.77. The van der Waals surface area contributed by atoms with Crippen molar-refractivity contribution in [3.8, 4) is 0 Å². The van der Waals surface area contributed by atoms with Gasteiger partial charge in [-0.15, -0.1) is 0 Å². The van der Waals surface area contributed by atoms with Gasteiger partial charge in [0.1, 0.15) is 11.9 Å². The molecule has 1 N–H and O–H groups in total. The first-order valence-corrected chi connectivity index (χ1v) is 8.54. The van der Waals surface area contributed by atoms with Gasteiger partial charge in [0.05, 0.1) is 0 Å². The zero-order valence-corrected chi connectivity index (χ0v) is 13.2. The molecule has 2 heterocycles. The Bertz CT molecular complexity index is 686. The summed E-state index contributed by atoms with van der Waals surface area (Å²) in [7, 11) is 0. The standard InChI is InChI=1S/C20H22FNO/c21-18-9-7-15(8-10-18)20(23)17-6-5-14-3-1-11-22-12-2-4-16(13-17)19(14)22/h5-10,13-14,20,23H,1-4,11-12H2. The maximum atomic E-state index is 13.1. The number of aliphatic hydroxyl groups is 1. The minimum Gasteiger partial charge on any atom is -0.384 e. The molecule has 0 aromatic heterocycles. The van der Waals surface area contributed by atoms with Crippen molar-refractivity contribution in [3.63, 3.8) is 0 Å². The van der Waals surface area contributed by atoms with E-state index in [4.69, 9.17) is 0 Å². The van der Waals surface area contributed by atoms with Crippen LogP contribution in [0.2, 0.25) is 0 Å². The number of allylic oxidation sites excluding steroid dienone is 3. The van der Waals surface area contributed by atoms with Crippen molar-refractivity contribution in [1.29, 1.82) is 0 Å². The van der Waals surface area contributed by atoms with Gasteiger partial charge < -0.3 is 10.0 Å². The summed E-state index contributed by atoms with van der Waals surface area (Å²) in [4.78, 5) is 2.53. The highest BCUT2D eigenvalue weighted by Crippen LogP contribution is 2.39. The van der Waals surface area contributed by atoms with Gasteiger partial charge in [0.15, 0.2) is 0 Å². The summed E-state index contributed by atoms with van der Waals surface area (Å²) in [5.74, 6) is 0.207. The molecule has 0 spiro atoms. The Morgan fingerprint density at radius 3 is 2.74 bits per heavy atom. The lowest BCUT2D eigenvalue weighted by Gasteiger charge is -2.40. The van der Waals surface area contributed by atoms with Crippen LogP contribution in [0.3, 0.4) is 0 Å². The third-order valence-electron chi connectivity index (χ3n) is 5.20. The Balaban J connectivity index is 1.70. The number of halogens is 1. The van der Waals surface area contributed by atoms with Crippen molar-refractivity contribution < 1.29 is 9.50 Å². The normalized spacial score (nSPS) is 24.9. The molecule has 1 fully saturated rings. The monoisotopic (exact) mass is 311 g/mol. The third-order valence-corrected chi connectivity index (χ3v) is 5.20. The van der Waals surface area contributed by atoms with Crippen LogP contribution in [0.5, 0.6) is 0 Å². The molecular weight excluding hydrogens is 289 g/mol. The maximum absolute atomic E-state index is 13.1. The molecule has 2 aliphatic heterocycles. The van der Waals surface area contributed by atoms with Gasteiger partial charge in [-0.1, -0.05) is 30.4 Å². The van der Waals surface area contributed by atoms with Crippen LogP contribution in [0, 0.1) is 11.7 Å². The minimum absolute atomic E-state index is 0.273. The fraction of sp³-hybridized carbons (Fsp3) is 0.400. The van der Waals surface area contributed by atoms with Crippen molar-refractivity contribution in [2.45, 2.75) is 31.8 Å². The van der Waals surface area contributed by atoms with E-state index in [1.165, 1.54) is 42.7 Å². The smallest absolute Gasteiger partial charge is 0.123 e. The van der Waals surface area contributed by atoms with Gasteiger partial charge in [0.2, 0.25) is 0 Å². The van der Waals surface area contributed by atoms with Crippen molar-refractivity contribution in [3.05, 3.63) is 70.7 Å². The molecule has 2 unspecified atom stereocenters. The third kappa shape index (κ3) is 2.74. The molecule has 0 bridgehead atoms. The number of benzene rings is 1. The lowest BCUT2D eigenvalue weighted by molar-refractivity contribution is 0.219. The fourth-order valence-electron chi connectivity index (χ4n) is 4.07. The highest BCUT2D eigenvalue weighted by atomic mass is 19.1. The minimum atomic E-state index is -0.699. The van der Waals surface area contributed by atoms with Crippen LogP contribution in [-0.2, 0) is 0 Å². The molecule has 1 saturated heterocycles. The van der Waals surface area contributed by atoms with E-state index in [0.717, 1.165) is 30.6 Å². The first-order chi connectivity index (χ1) is 11.2. The molecule has 3 aliphatic rings. The molecule has 0 saturated carbocycles. The summed E-state index contributed by atoms with van der Waals surface area (Å²) < 4.78 is 13.1. The van der Waals surface area contributed by atoms with E-state index in [1.807, 2.05) is 0 Å². The summed E-state index contributed by atoms with van der Waals surface area (Å²) in [6.45, 7) is 2.32. The van der Waals surface area contributed by atoms with Gasteiger partial charge in [0.25, 0.3) is 0 Å². The van der Waals surface area contributed by atoms with Crippen LogP contribution >= 0.6 is 0 Å². The second-order valence-electron chi connectivity index (χ2n) is 6.71. The molecule has 1 aromatic rings. The molecule has 2 atom stereocenters. The largest absolute Gasteiger partial charge is 0.384 e. The van der Waals surface area contributed by atoms with Gasteiger partial charge in [-0.3, -0.25) is 0 Å². The van der Waals surface area contributed by atoms with E-state index in [1.54, 1.807) is 12.1 Å². The molecule has 2 nitrogen and oxygen atoms in total. The summed E-state index contributed by atoms with van der Waals surface area (Å²) in [6.07, 6.45) is 10.5. The lowest BCUT2D eigenvalue weighted by atomic mass is 9.87. The van der Waals surface area contributed by atoms with Crippen LogP contribution in [0.15, 0.2) is 59.3 Å². The topological polar surface area (TPSA) is 23.5 Å². The van der Waals surface area contributed by atoms with E-state index in [2.05, 4.69) is 23.1 Å². The molecule has 3 heteroatoms. The molecular formula is C20H22FNO. The fourth-order valence-corrected chi connectivity index (χ4v) is 4.07. The number of aliphatic hydroxyl groups excluding tert-OH is 1. The van der Waals surface area contributed by atoms with E-state index in [0.29, 0.717) is 5.92 Å². The van der Waals surface area contributed by atoms with Crippen LogP contribution in [0.1, 0.15) is 37.4 Å². The van der Waals surface area contributed by atoms with Gasteiger partial charge in [-0.05, 0) is 54.5 Å². The van der Waals surface area contributed by atoms with E-state index in [-0.39, 0.29) is 5.82 Å². The van der Waals surface area contributed by atoms with Crippen LogP contribution in [0.25, 0.3) is 0 Å². The van der Waals surface area contributed by atoms with E-state index < -0.39 is 6.10 Å². The number of piperidine rings is 1. The zero-order valence-electron chi connectivity index (χ0n) is 13.2. The Kier molecular flexibility index (Phi) is 3.82. The number of rotatable bonds is 2. The molecule has 0 radical (unpaired) electrons. The van der Waals surface area contributed by atoms with Crippen molar-refractivity contribution >= 4 is 0 Å². The predicted octanol–water partition coefficient (Wildman–Crippen LogP) is 4.12. The van der Waals surface area contributed by atoms with Crippen LogP contribution < -0.4 is 0 Å². The number of nitrogens with zero attached hydrogens (tertiary/aromatic N) is 1. The van der Waals surface area contributed by atoms with Gasteiger partial charge >= 0.3 is 0 Å². The van der Waals surface area contributed by atoms with Crippen molar-refractivity contribution in [2.24, 2.45) is 5.92 Å². The van der Waals surface area contributed by atoms with Gasteiger partial charge in [-0.25, -0.2) is 4.39 Å². The zero-order chi connectivity index (χ0) is 15.8. The summed E-state index contributed by atoms with van der Waals surface area (Å²) in [5, 5.41) is 10.7. The predicted molar refractivity (Wildman–Crippen MR) is 89.1 cm³/mol. The molecule has 120 valence electrons. The lowest BCUT2D eigenvalue weighted by Crippen LogP contribution is -2.36. The van der Waals surface area contributed by atoms with E-state index in [9.17, 15) is 9.50 Å². The van der Waals surface area contributed by atoms with Crippen LogP contribution in [-0.4, -0.2) is 23.1 Å². The second kappa shape index (κ2) is 5.97. The van der Waals surface area contributed by atoms with Crippen molar-refractivity contribution in [1.82, 2.24) is 4.90 Å². The first-order valence-electron chi connectivity index (χ1n) is 8.54. The Morgan fingerprint density at radius 1 is 1.13 bits per heavy atom. The molecule has 1 aliphatic carbocycles. The van der Waals surface area contributed by atoms with Gasteiger partial charge in [0, 0.05) is 24.7 Å². The highest BCUT2D eigenvalue weighted by Gasteiger charge is 2.30. The average molecular weight is 311 g/mol. The van der Waals surface area contributed by atoms with Crippen molar-refractivity contribution in [2.75, 3.05) is 13.1 Å². The molecule has 0 amide bonds. The summed E-state index contributed by atoms with van der Waals surface area (Å²) >= 11 is 0. The first kappa shape index (κ1) is 14.7. The van der Waals surface area contributed by atoms with E-state index >= 15 is 0 Å². The highest BCUT2D eigenvalue weighted by molar-refractivity contribution is 5.44. The summed E-state index contributed by atoms with van der Waals surface area (Å²) in [5.41, 5.74) is 4.50. The van der Waals surface area contributed by atoms with Gasteiger partial charge in [-0.2, -0.15) is 0 Å². The van der Waals surface area contributed by atoms with Crippen LogP contribution in [0.4, 0.5) is 4.39 Å². The Hall–Kier alpha value is -1.87. The Morgan fingerprint density at radius 2 is 1.91 bits per heavy atom.